The number of aliphatic hydroxyl groups excluding tert-OH is 2. The Bertz CT molecular complexity index is 251. The van der Waals surface area contributed by atoms with Gasteiger partial charge in [0, 0.05) is 32.3 Å². The van der Waals surface area contributed by atoms with Gasteiger partial charge in [-0.25, -0.2) is 0 Å². The smallest absolute Gasteiger partial charge is 0.501 e. The fourth-order valence-electron chi connectivity index (χ4n) is 2.87. The maximum absolute atomic E-state index is 9.31. The van der Waals surface area contributed by atoms with Gasteiger partial charge < -0.3 is 40.4 Å². The van der Waals surface area contributed by atoms with Crippen molar-refractivity contribution < 1.29 is 40.4 Å². The Kier molecular flexibility index (Phi) is 16.2. The second-order valence-corrected chi connectivity index (χ2v) is 8.09. The zero-order chi connectivity index (χ0) is 16.9. The molecule has 0 aromatic rings. The third-order valence-corrected chi connectivity index (χ3v) is 7.18. The molecule has 0 aliphatic rings. The van der Waals surface area contributed by atoms with Gasteiger partial charge in [-0.3, -0.25) is 0 Å². The van der Waals surface area contributed by atoms with Gasteiger partial charge in [-0.2, -0.15) is 0 Å². The van der Waals surface area contributed by atoms with E-state index >= 15 is 0 Å². The summed E-state index contributed by atoms with van der Waals surface area (Å²) >= 11 is 0. The van der Waals surface area contributed by atoms with Crippen LogP contribution in [0, 0.1) is 0 Å². The molecule has 0 spiro atoms. The first-order valence-corrected chi connectivity index (χ1v) is 10.5. The van der Waals surface area contributed by atoms with Crippen LogP contribution < -0.4 is 12.4 Å². The summed E-state index contributed by atoms with van der Waals surface area (Å²) in [5, 5.41) is 18.6. The predicted octanol–water partition coefficient (Wildman–Crippen LogP) is -1.75. The summed E-state index contributed by atoms with van der Waals surface area (Å²) in [7, 11) is -2.59. The van der Waals surface area contributed by atoms with Crippen LogP contribution in [0.4, 0.5) is 0 Å². The first kappa shape index (κ1) is 25.5. The van der Waals surface area contributed by atoms with Crippen molar-refractivity contribution in [2.24, 2.45) is 0 Å². The fourth-order valence-corrected chi connectivity index (χ4v) is 5.46. The molecule has 0 saturated carbocycles. The molecule has 0 saturated heterocycles. The van der Waals surface area contributed by atoms with Crippen LogP contribution in [0.2, 0.25) is 6.04 Å². The minimum atomic E-state index is -2.59. The SMILES string of the molecule is CCO[Si](CCC[N+](CC)(CCO)CCO)(OCC)OCC.[Cl-]. The lowest BCUT2D eigenvalue weighted by atomic mass is 10.3. The van der Waals surface area contributed by atoms with E-state index in [2.05, 4.69) is 6.92 Å². The predicted molar refractivity (Wildman–Crippen MR) is 89.6 cm³/mol. The van der Waals surface area contributed by atoms with E-state index in [1.807, 2.05) is 20.8 Å². The van der Waals surface area contributed by atoms with Crippen molar-refractivity contribution in [2.75, 3.05) is 59.2 Å². The normalized spacial score (nSPS) is 12.3. The highest BCUT2D eigenvalue weighted by Gasteiger charge is 2.40. The minimum absolute atomic E-state index is 0. The van der Waals surface area contributed by atoms with Gasteiger partial charge in [0.25, 0.3) is 0 Å². The average molecular weight is 374 g/mol. The summed E-state index contributed by atoms with van der Waals surface area (Å²) < 4.78 is 18.3. The third-order valence-electron chi connectivity index (χ3n) is 4.03. The van der Waals surface area contributed by atoms with Gasteiger partial charge in [0.2, 0.25) is 0 Å². The Morgan fingerprint density at radius 1 is 0.783 bits per heavy atom. The van der Waals surface area contributed by atoms with E-state index < -0.39 is 8.80 Å². The van der Waals surface area contributed by atoms with Crippen molar-refractivity contribution >= 4 is 8.80 Å². The van der Waals surface area contributed by atoms with Crippen molar-refractivity contribution in [1.82, 2.24) is 0 Å². The largest absolute Gasteiger partial charge is 1.00 e. The Morgan fingerprint density at radius 3 is 1.52 bits per heavy atom. The molecular formula is C15H36ClNO5Si. The van der Waals surface area contributed by atoms with Crippen LogP contribution in [0.25, 0.3) is 0 Å². The summed E-state index contributed by atoms with van der Waals surface area (Å²) in [6, 6.07) is 0.777. The fraction of sp³-hybridized carbons (Fsp3) is 1.00. The minimum Gasteiger partial charge on any atom is -1.00 e. The van der Waals surface area contributed by atoms with Crippen LogP contribution >= 0.6 is 0 Å². The van der Waals surface area contributed by atoms with Gasteiger partial charge in [0.05, 0.1) is 26.3 Å². The number of quaternary nitrogens is 1. The molecule has 0 heterocycles. The van der Waals surface area contributed by atoms with E-state index in [-0.39, 0.29) is 25.6 Å². The molecule has 8 heteroatoms. The Balaban J connectivity index is 0. The molecule has 6 nitrogen and oxygen atoms in total. The van der Waals surface area contributed by atoms with Crippen LogP contribution in [-0.2, 0) is 13.3 Å². The number of hydrogen-bond donors (Lipinski definition) is 2. The van der Waals surface area contributed by atoms with Crippen LogP contribution in [0.5, 0.6) is 0 Å². The van der Waals surface area contributed by atoms with Gasteiger partial charge in [0.15, 0.2) is 0 Å². The molecule has 23 heavy (non-hydrogen) atoms. The molecule has 0 aromatic heterocycles. The molecule has 142 valence electrons. The van der Waals surface area contributed by atoms with Gasteiger partial charge >= 0.3 is 8.80 Å². The van der Waals surface area contributed by atoms with Crippen molar-refractivity contribution in [1.29, 1.82) is 0 Å². The highest BCUT2D eigenvalue weighted by Crippen LogP contribution is 2.20. The Hall–Kier alpha value is 0.267. The van der Waals surface area contributed by atoms with E-state index in [0.29, 0.717) is 32.9 Å². The zero-order valence-corrected chi connectivity index (χ0v) is 17.0. The summed E-state index contributed by atoms with van der Waals surface area (Å²) in [4.78, 5) is 0. The zero-order valence-electron chi connectivity index (χ0n) is 15.2. The average Bonchev–Trinajstić information content (AvgIpc) is 2.48. The highest BCUT2D eigenvalue weighted by molar-refractivity contribution is 6.60. The second kappa shape index (κ2) is 14.6. The van der Waals surface area contributed by atoms with Crippen LogP contribution in [0.1, 0.15) is 34.1 Å². The molecular weight excluding hydrogens is 338 g/mol. The van der Waals surface area contributed by atoms with Gasteiger partial charge in [0.1, 0.15) is 13.1 Å². The number of nitrogens with zero attached hydrogens (tertiary/aromatic N) is 1. The monoisotopic (exact) mass is 373 g/mol. The standard InChI is InChI=1S/C15H36NO5Si.ClH/c1-5-16(11-13-17,12-14-18)10-9-15-22(19-6-2,20-7-3)21-8-4;/h17-18H,5-15H2,1-4H3;1H/q+1;/p-1. The van der Waals surface area contributed by atoms with Gasteiger partial charge in [-0.15, -0.1) is 0 Å². The summed E-state index contributed by atoms with van der Waals surface area (Å²) in [6.07, 6.45) is 0.903. The lowest BCUT2D eigenvalue weighted by Crippen LogP contribution is -3.00. The maximum atomic E-state index is 9.31. The highest BCUT2D eigenvalue weighted by atomic mass is 35.5. The van der Waals surface area contributed by atoms with E-state index in [4.69, 9.17) is 13.3 Å². The van der Waals surface area contributed by atoms with Crippen molar-refractivity contribution in [3.05, 3.63) is 0 Å². The molecule has 0 amide bonds. The lowest BCUT2D eigenvalue weighted by molar-refractivity contribution is -0.927. The van der Waals surface area contributed by atoms with Crippen molar-refractivity contribution in [2.45, 2.75) is 40.2 Å². The van der Waals surface area contributed by atoms with Crippen molar-refractivity contribution in [3.63, 3.8) is 0 Å². The molecule has 0 aromatic carbocycles. The molecule has 0 bridgehead atoms. The van der Waals surface area contributed by atoms with Crippen LogP contribution in [0.3, 0.4) is 0 Å². The molecule has 0 fully saturated rings. The van der Waals surface area contributed by atoms with Crippen LogP contribution in [-0.4, -0.2) is 82.7 Å². The Morgan fingerprint density at radius 2 is 1.22 bits per heavy atom. The number of aliphatic hydroxyl groups is 2. The molecule has 0 atom stereocenters. The van der Waals surface area contributed by atoms with Crippen LogP contribution in [0.15, 0.2) is 0 Å². The van der Waals surface area contributed by atoms with Gasteiger partial charge in [-0.1, -0.05) is 0 Å². The summed E-state index contributed by atoms with van der Waals surface area (Å²) in [5.74, 6) is 0. The third kappa shape index (κ3) is 9.36. The van der Waals surface area contributed by atoms with E-state index in [1.54, 1.807) is 0 Å². The molecule has 0 aliphatic heterocycles. The molecule has 0 unspecified atom stereocenters. The second-order valence-electron chi connectivity index (χ2n) is 5.36. The number of halogens is 1. The summed E-state index contributed by atoms with van der Waals surface area (Å²) in [5.41, 5.74) is 0. The first-order chi connectivity index (χ1) is 10.6. The van der Waals surface area contributed by atoms with Crippen molar-refractivity contribution in [3.8, 4) is 0 Å². The first-order valence-electron chi connectivity index (χ1n) is 8.56. The lowest BCUT2D eigenvalue weighted by Gasteiger charge is -2.38. The van der Waals surface area contributed by atoms with E-state index in [9.17, 15) is 10.2 Å². The summed E-state index contributed by atoms with van der Waals surface area (Å²) in [6.45, 7) is 13.2. The number of rotatable bonds is 15. The molecule has 0 radical (unpaired) electrons. The molecule has 0 aliphatic carbocycles. The van der Waals surface area contributed by atoms with E-state index in [0.717, 1.165) is 30.0 Å². The Labute approximate surface area is 149 Å². The van der Waals surface area contributed by atoms with Gasteiger partial charge in [-0.05, 0) is 27.7 Å². The molecule has 0 rings (SSSR count). The maximum Gasteiger partial charge on any atom is 0.501 e. The quantitative estimate of drug-likeness (QED) is 0.263. The van der Waals surface area contributed by atoms with E-state index in [1.165, 1.54) is 0 Å². The number of likely N-dealkylation sites (N-methyl/N-ethyl adjacent to an activating group) is 1. The molecule has 2 N–H and O–H groups in total. The number of hydrogen-bond acceptors (Lipinski definition) is 5. The topological polar surface area (TPSA) is 68.2 Å².